The van der Waals surface area contributed by atoms with Crippen LogP contribution in [0.1, 0.15) is 76.1 Å². The van der Waals surface area contributed by atoms with Gasteiger partial charge in [0, 0.05) is 18.8 Å². The molecule has 1 aliphatic rings. The van der Waals surface area contributed by atoms with Crippen molar-refractivity contribution in [2.45, 2.75) is 72.4 Å². The SMILES string of the molecule is Cc1ccc(C(C)C)c(O[C@H](C)C(=O)N[C@H](C)c2ccc(N3CCC[C@H](C)C3)cc2)c1. The summed E-state index contributed by atoms with van der Waals surface area (Å²) in [5.41, 5.74) is 4.63. The molecule has 1 heterocycles. The Morgan fingerprint density at radius 3 is 2.45 bits per heavy atom. The maximum Gasteiger partial charge on any atom is 0.261 e. The van der Waals surface area contributed by atoms with Gasteiger partial charge in [-0.15, -0.1) is 0 Å². The highest BCUT2D eigenvalue weighted by Crippen LogP contribution is 2.29. The van der Waals surface area contributed by atoms with Crippen LogP contribution in [0.4, 0.5) is 5.69 Å². The maximum absolute atomic E-state index is 12.8. The van der Waals surface area contributed by atoms with Crippen LogP contribution in [0, 0.1) is 12.8 Å². The molecule has 1 saturated heterocycles. The molecule has 1 N–H and O–H groups in total. The summed E-state index contributed by atoms with van der Waals surface area (Å²) in [6, 6.07) is 14.7. The summed E-state index contributed by atoms with van der Waals surface area (Å²) in [6.07, 6.45) is 2.02. The standard InChI is InChI=1S/C27H38N2O2/c1-18(2)25-14-9-19(3)16-26(25)31-22(6)27(30)28-21(5)23-10-12-24(13-11-23)29-15-7-8-20(4)17-29/h9-14,16,18,20-22H,7-8,15,17H2,1-6H3,(H,28,30)/t20-,21+,22+/m0/s1. The van der Waals surface area contributed by atoms with Crippen LogP contribution in [0.15, 0.2) is 42.5 Å². The van der Waals surface area contributed by atoms with Gasteiger partial charge in [0.15, 0.2) is 6.10 Å². The van der Waals surface area contributed by atoms with Gasteiger partial charge in [0.05, 0.1) is 6.04 Å². The molecule has 168 valence electrons. The molecule has 1 amide bonds. The average Bonchev–Trinajstić information content (AvgIpc) is 2.73. The van der Waals surface area contributed by atoms with E-state index in [4.69, 9.17) is 4.74 Å². The summed E-state index contributed by atoms with van der Waals surface area (Å²) in [5.74, 6) is 1.78. The molecule has 0 bridgehead atoms. The highest BCUT2D eigenvalue weighted by atomic mass is 16.5. The topological polar surface area (TPSA) is 41.6 Å². The summed E-state index contributed by atoms with van der Waals surface area (Å²) in [5, 5.41) is 3.11. The van der Waals surface area contributed by atoms with Crippen molar-refractivity contribution in [3.05, 3.63) is 59.2 Å². The molecular weight excluding hydrogens is 384 g/mol. The molecule has 1 fully saturated rings. The van der Waals surface area contributed by atoms with Gasteiger partial charge < -0.3 is 15.0 Å². The van der Waals surface area contributed by atoms with Crippen LogP contribution in [-0.4, -0.2) is 25.1 Å². The Morgan fingerprint density at radius 2 is 1.81 bits per heavy atom. The van der Waals surface area contributed by atoms with Gasteiger partial charge in [-0.3, -0.25) is 4.79 Å². The zero-order valence-corrected chi connectivity index (χ0v) is 19.9. The monoisotopic (exact) mass is 422 g/mol. The van der Waals surface area contributed by atoms with Crippen LogP contribution in [-0.2, 0) is 4.79 Å². The Balaban J connectivity index is 1.60. The highest BCUT2D eigenvalue weighted by Gasteiger charge is 2.21. The van der Waals surface area contributed by atoms with Gasteiger partial charge in [-0.1, -0.05) is 45.0 Å². The minimum absolute atomic E-state index is 0.0741. The van der Waals surface area contributed by atoms with Gasteiger partial charge in [0.25, 0.3) is 5.91 Å². The number of carbonyl (C=O) groups is 1. The molecule has 0 unspecified atom stereocenters. The molecule has 0 radical (unpaired) electrons. The molecule has 4 heteroatoms. The van der Waals surface area contributed by atoms with E-state index in [1.165, 1.54) is 18.5 Å². The van der Waals surface area contributed by atoms with Crippen LogP contribution in [0.3, 0.4) is 0 Å². The number of nitrogens with one attached hydrogen (secondary N) is 1. The second-order valence-corrected chi connectivity index (χ2v) is 9.47. The van der Waals surface area contributed by atoms with Crippen LogP contribution in [0.2, 0.25) is 0 Å². The molecule has 3 rings (SSSR count). The normalized spacial score (nSPS) is 18.5. The number of ether oxygens (including phenoxy) is 1. The largest absolute Gasteiger partial charge is 0.481 e. The number of carbonyl (C=O) groups excluding carboxylic acids is 1. The third-order valence-corrected chi connectivity index (χ3v) is 6.24. The van der Waals surface area contributed by atoms with E-state index in [9.17, 15) is 4.79 Å². The van der Waals surface area contributed by atoms with Crippen LogP contribution < -0.4 is 15.0 Å². The van der Waals surface area contributed by atoms with Crippen molar-refractivity contribution in [1.29, 1.82) is 0 Å². The molecule has 0 spiro atoms. The Kier molecular flexibility index (Phi) is 7.64. The molecule has 1 aliphatic heterocycles. The first-order valence-electron chi connectivity index (χ1n) is 11.7. The Bertz CT molecular complexity index is 875. The number of amides is 1. The zero-order chi connectivity index (χ0) is 22.5. The molecule has 0 aliphatic carbocycles. The second-order valence-electron chi connectivity index (χ2n) is 9.47. The number of rotatable bonds is 7. The fourth-order valence-corrected chi connectivity index (χ4v) is 4.28. The predicted octanol–water partition coefficient (Wildman–Crippen LogP) is 6.00. The van der Waals surface area contributed by atoms with E-state index >= 15 is 0 Å². The maximum atomic E-state index is 12.8. The summed E-state index contributed by atoms with van der Waals surface area (Å²) in [4.78, 5) is 15.3. The lowest BCUT2D eigenvalue weighted by molar-refractivity contribution is -0.127. The summed E-state index contributed by atoms with van der Waals surface area (Å²) in [6.45, 7) is 14.7. The summed E-state index contributed by atoms with van der Waals surface area (Å²) >= 11 is 0. The van der Waals surface area contributed by atoms with Crippen molar-refractivity contribution in [3.8, 4) is 5.75 Å². The van der Waals surface area contributed by atoms with E-state index in [0.717, 1.165) is 41.4 Å². The minimum Gasteiger partial charge on any atom is -0.481 e. The smallest absolute Gasteiger partial charge is 0.261 e. The van der Waals surface area contributed by atoms with Crippen molar-refractivity contribution < 1.29 is 9.53 Å². The molecule has 0 saturated carbocycles. The van der Waals surface area contributed by atoms with Gasteiger partial charge in [-0.2, -0.15) is 0 Å². The number of piperidine rings is 1. The number of anilines is 1. The first-order chi connectivity index (χ1) is 14.7. The van der Waals surface area contributed by atoms with Crippen molar-refractivity contribution in [2.24, 2.45) is 5.92 Å². The third-order valence-electron chi connectivity index (χ3n) is 6.24. The lowest BCUT2D eigenvalue weighted by Crippen LogP contribution is -2.38. The van der Waals surface area contributed by atoms with E-state index in [1.807, 2.05) is 26.8 Å². The second kappa shape index (κ2) is 10.2. The van der Waals surface area contributed by atoms with Gasteiger partial charge in [0.1, 0.15) is 5.75 Å². The fraction of sp³-hybridized carbons (Fsp3) is 0.519. The molecule has 4 nitrogen and oxygen atoms in total. The number of aryl methyl sites for hydroxylation is 1. The molecule has 31 heavy (non-hydrogen) atoms. The van der Waals surface area contributed by atoms with Gasteiger partial charge in [-0.05, 0) is 80.3 Å². The molecule has 2 aromatic rings. The van der Waals surface area contributed by atoms with Gasteiger partial charge >= 0.3 is 0 Å². The minimum atomic E-state index is -0.559. The number of hydrogen-bond donors (Lipinski definition) is 1. The van der Waals surface area contributed by atoms with Crippen molar-refractivity contribution >= 4 is 11.6 Å². The molecule has 0 aromatic heterocycles. The van der Waals surface area contributed by atoms with E-state index in [0.29, 0.717) is 5.92 Å². The molecular formula is C27H38N2O2. The van der Waals surface area contributed by atoms with Crippen LogP contribution >= 0.6 is 0 Å². The molecule has 2 aromatic carbocycles. The first-order valence-corrected chi connectivity index (χ1v) is 11.7. The van der Waals surface area contributed by atoms with E-state index in [2.05, 4.69) is 67.4 Å². The van der Waals surface area contributed by atoms with Crippen LogP contribution in [0.25, 0.3) is 0 Å². The van der Waals surface area contributed by atoms with Crippen molar-refractivity contribution in [3.63, 3.8) is 0 Å². The van der Waals surface area contributed by atoms with Crippen molar-refractivity contribution in [2.75, 3.05) is 18.0 Å². The Hall–Kier alpha value is -2.49. The quantitative estimate of drug-likeness (QED) is 0.595. The lowest BCUT2D eigenvalue weighted by atomic mass is 9.99. The first kappa shape index (κ1) is 23.2. The average molecular weight is 423 g/mol. The highest BCUT2D eigenvalue weighted by molar-refractivity contribution is 5.81. The van der Waals surface area contributed by atoms with Crippen molar-refractivity contribution in [1.82, 2.24) is 5.32 Å². The number of hydrogen-bond acceptors (Lipinski definition) is 3. The van der Waals surface area contributed by atoms with E-state index in [1.54, 1.807) is 0 Å². The van der Waals surface area contributed by atoms with Crippen LogP contribution in [0.5, 0.6) is 5.75 Å². The zero-order valence-electron chi connectivity index (χ0n) is 19.9. The van der Waals surface area contributed by atoms with Gasteiger partial charge in [-0.25, -0.2) is 0 Å². The Labute approximate surface area is 188 Å². The summed E-state index contributed by atoms with van der Waals surface area (Å²) in [7, 11) is 0. The van der Waals surface area contributed by atoms with Gasteiger partial charge in [0.2, 0.25) is 0 Å². The molecule has 3 atom stereocenters. The third kappa shape index (κ3) is 6.03. The van der Waals surface area contributed by atoms with E-state index < -0.39 is 6.10 Å². The Morgan fingerprint density at radius 1 is 1.10 bits per heavy atom. The lowest BCUT2D eigenvalue weighted by Gasteiger charge is -2.33. The number of benzene rings is 2. The van der Waals surface area contributed by atoms with E-state index in [-0.39, 0.29) is 11.9 Å². The predicted molar refractivity (Wildman–Crippen MR) is 129 cm³/mol. The number of nitrogens with zero attached hydrogens (tertiary/aromatic N) is 1. The summed E-state index contributed by atoms with van der Waals surface area (Å²) < 4.78 is 6.08. The fourth-order valence-electron chi connectivity index (χ4n) is 4.28.